The zero-order valence-electron chi connectivity index (χ0n) is 11.2. The van der Waals surface area contributed by atoms with Crippen molar-refractivity contribution in [3.8, 4) is 0 Å². The summed E-state index contributed by atoms with van der Waals surface area (Å²) in [4.78, 5) is 16.1. The van der Waals surface area contributed by atoms with E-state index in [0.29, 0.717) is 5.92 Å². The van der Waals surface area contributed by atoms with Crippen LogP contribution < -0.4 is 0 Å². The van der Waals surface area contributed by atoms with Crippen LogP contribution in [-0.2, 0) is 0 Å². The minimum absolute atomic E-state index is 0.101. The summed E-state index contributed by atoms with van der Waals surface area (Å²) in [6.07, 6.45) is 3.94. The number of carbonyl (C=O) groups is 1. The van der Waals surface area contributed by atoms with E-state index in [-0.39, 0.29) is 5.78 Å². The molecule has 2 nitrogen and oxygen atoms in total. The van der Waals surface area contributed by atoms with Crippen molar-refractivity contribution in [1.82, 2.24) is 4.98 Å². The second-order valence-corrected chi connectivity index (χ2v) is 4.67. The van der Waals surface area contributed by atoms with Crippen LogP contribution in [0.2, 0.25) is 0 Å². The Morgan fingerprint density at radius 1 is 1.22 bits per heavy atom. The van der Waals surface area contributed by atoms with Crippen LogP contribution in [0.25, 0.3) is 10.9 Å². The molecule has 1 aromatic carbocycles. The number of benzene rings is 1. The second-order valence-electron chi connectivity index (χ2n) is 4.67. The average Bonchev–Trinajstić information content (AvgIpc) is 2.39. The van der Waals surface area contributed by atoms with Crippen molar-refractivity contribution < 1.29 is 4.79 Å². The van der Waals surface area contributed by atoms with Gasteiger partial charge in [-0.1, -0.05) is 32.0 Å². The third-order valence-electron chi connectivity index (χ3n) is 3.61. The van der Waals surface area contributed by atoms with Gasteiger partial charge in [-0.2, -0.15) is 0 Å². The SMILES string of the molecule is CCC(CC)c1cccc2c(C(C)=O)ccnc12. The average molecular weight is 241 g/mol. The molecule has 2 heteroatoms. The summed E-state index contributed by atoms with van der Waals surface area (Å²) in [6.45, 7) is 6.00. The lowest BCUT2D eigenvalue weighted by molar-refractivity contribution is 0.101. The van der Waals surface area contributed by atoms with Gasteiger partial charge >= 0.3 is 0 Å². The molecule has 0 atom stereocenters. The highest BCUT2D eigenvalue weighted by Gasteiger charge is 2.14. The summed E-state index contributed by atoms with van der Waals surface area (Å²) in [5, 5.41) is 0.981. The van der Waals surface area contributed by atoms with Crippen molar-refractivity contribution in [3.05, 3.63) is 41.6 Å². The fraction of sp³-hybridized carbons (Fsp3) is 0.375. The Labute approximate surface area is 108 Å². The quantitative estimate of drug-likeness (QED) is 0.745. The monoisotopic (exact) mass is 241 g/mol. The zero-order chi connectivity index (χ0) is 13.1. The molecule has 0 saturated carbocycles. The summed E-state index contributed by atoms with van der Waals surface area (Å²) in [5.74, 6) is 0.618. The van der Waals surface area contributed by atoms with Gasteiger partial charge in [0.1, 0.15) is 0 Å². The largest absolute Gasteiger partial charge is 0.294 e. The maximum Gasteiger partial charge on any atom is 0.160 e. The molecule has 0 fully saturated rings. The number of para-hydroxylation sites is 1. The predicted octanol–water partition coefficient (Wildman–Crippen LogP) is 4.34. The first kappa shape index (κ1) is 12.7. The molecule has 0 N–H and O–H groups in total. The van der Waals surface area contributed by atoms with Crippen molar-refractivity contribution in [1.29, 1.82) is 0 Å². The molecule has 0 amide bonds. The fourth-order valence-corrected chi connectivity index (χ4v) is 2.56. The van der Waals surface area contributed by atoms with Crippen LogP contribution in [0.1, 0.15) is 55.5 Å². The van der Waals surface area contributed by atoms with Gasteiger partial charge in [-0.15, -0.1) is 0 Å². The number of aromatic nitrogens is 1. The summed E-state index contributed by atoms with van der Waals surface area (Å²) in [5.41, 5.74) is 3.02. The van der Waals surface area contributed by atoms with Crippen molar-refractivity contribution >= 4 is 16.7 Å². The molecule has 1 aromatic heterocycles. The van der Waals surface area contributed by atoms with E-state index in [9.17, 15) is 4.79 Å². The van der Waals surface area contributed by atoms with Crippen LogP contribution in [0.3, 0.4) is 0 Å². The van der Waals surface area contributed by atoms with Gasteiger partial charge < -0.3 is 0 Å². The number of hydrogen-bond donors (Lipinski definition) is 0. The van der Waals surface area contributed by atoms with Crippen molar-refractivity contribution in [2.45, 2.75) is 39.5 Å². The lowest BCUT2D eigenvalue weighted by atomic mass is 9.91. The minimum Gasteiger partial charge on any atom is -0.294 e. The van der Waals surface area contributed by atoms with Crippen LogP contribution >= 0.6 is 0 Å². The Hall–Kier alpha value is -1.70. The topological polar surface area (TPSA) is 30.0 Å². The molecular weight excluding hydrogens is 222 g/mol. The van der Waals surface area contributed by atoms with Crippen LogP contribution in [0.15, 0.2) is 30.5 Å². The number of ketones is 1. The Kier molecular flexibility index (Phi) is 3.75. The van der Waals surface area contributed by atoms with Gasteiger partial charge in [0, 0.05) is 17.1 Å². The van der Waals surface area contributed by atoms with Crippen molar-refractivity contribution in [2.24, 2.45) is 0 Å². The number of pyridine rings is 1. The van der Waals surface area contributed by atoms with Gasteiger partial charge in [-0.25, -0.2) is 0 Å². The van der Waals surface area contributed by atoms with Gasteiger partial charge in [0.25, 0.3) is 0 Å². The lowest BCUT2D eigenvalue weighted by Crippen LogP contribution is -2.01. The smallest absolute Gasteiger partial charge is 0.160 e. The molecule has 18 heavy (non-hydrogen) atoms. The standard InChI is InChI=1S/C16H19NO/c1-4-12(5-2)14-7-6-8-15-13(11(3)18)9-10-17-16(14)15/h6-10,12H,4-5H2,1-3H3. The molecule has 0 aliphatic heterocycles. The van der Waals surface area contributed by atoms with Crippen LogP contribution in [0.4, 0.5) is 0 Å². The lowest BCUT2D eigenvalue weighted by Gasteiger charge is -2.15. The third-order valence-corrected chi connectivity index (χ3v) is 3.61. The number of carbonyl (C=O) groups excluding carboxylic acids is 1. The van der Waals surface area contributed by atoms with E-state index in [0.717, 1.165) is 29.3 Å². The van der Waals surface area contributed by atoms with E-state index in [4.69, 9.17) is 0 Å². The van der Waals surface area contributed by atoms with Gasteiger partial charge in [-0.3, -0.25) is 9.78 Å². The highest BCUT2D eigenvalue weighted by molar-refractivity contribution is 6.06. The Morgan fingerprint density at radius 3 is 2.56 bits per heavy atom. The molecule has 0 aliphatic carbocycles. The minimum atomic E-state index is 0.101. The van der Waals surface area contributed by atoms with Gasteiger partial charge in [0.05, 0.1) is 5.52 Å². The molecule has 1 heterocycles. The highest BCUT2D eigenvalue weighted by Crippen LogP contribution is 2.30. The van der Waals surface area contributed by atoms with Crippen molar-refractivity contribution in [2.75, 3.05) is 0 Å². The van der Waals surface area contributed by atoms with Gasteiger partial charge in [0.15, 0.2) is 5.78 Å². The van der Waals surface area contributed by atoms with E-state index in [1.165, 1.54) is 5.56 Å². The van der Waals surface area contributed by atoms with E-state index < -0.39 is 0 Å². The van der Waals surface area contributed by atoms with Crippen LogP contribution in [0, 0.1) is 0 Å². The van der Waals surface area contributed by atoms with Gasteiger partial charge in [0.2, 0.25) is 0 Å². The maximum absolute atomic E-state index is 11.7. The first-order chi connectivity index (χ1) is 8.69. The normalized spacial score (nSPS) is 11.1. The molecule has 0 spiro atoms. The molecule has 0 aliphatic rings. The van der Waals surface area contributed by atoms with Crippen molar-refractivity contribution in [3.63, 3.8) is 0 Å². The van der Waals surface area contributed by atoms with E-state index in [1.807, 2.05) is 12.1 Å². The number of fused-ring (bicyclic) bond motifs is 1. The molecule has 0 bridgehead atoms. The summed E-state index contributed by atoms with van der Waals surface area (Å²) in [6, 6.07) is 7.97. The zero-order valence-corrected chi connectivity index (χ0v) is 11.2. The Bertz CT molecular complexity index is 570. The molecule has 0 saturated heterocycles. The highest BCUT2D eigenvalue weighted by atomic mass is 16.1. The molecule has 2 rings (SSSR count). The third kappa shape index (κ3) is 2.15. The maximum atomic E-state index is 11.7. The number of hydrogen-bond acceptors (Lipinski definition) is 2. The second kappa shape index (κ2) is 5.30. The Balaban J connectivity index is 2.71. The summed E-state index contributed by atoms with van der Waals surface area (Å²) >= 11 is 0. The number of rotatable bonds is 4. The molecule has 0 unspecified atom stereocenters. The summed E-state index contributed by atoms with van der Waals surface area (Å²) < 4.78 is 0. The van der Waals surface area contributed by atoms with Crippen LogP contribution in [-0.4, -0.2) is 10.8 Å². The van der Waals surface area contributed by atoms with Gasteiger partial charge in [-0.05, 0) is 37.3 Å². The molecule has 0 radical (unpaired) electrons. The van der Waals surface area contributed by atoms with E-state index in [2.05, 4.69) is 24.9 Å². The molecule has 94 valence electrons. The Morgan fingerprint density at radius 2 is 1.94 bits per heavy atom. The van der Waals surface area contributed by atoms with E-state index >= 15 is 0 Å². The van der Waals surface area contributed by atoms with E-state index in [1.54, 1.807) is 19.2 Å². The van der Waals surface area contributed by atoms with Crippen LogP contribution in [0.5, 0.6) is 0 Å². The molecule has 2 aromatic rings. The first-order valence-corrected chi connectivity index (χ1v) is 6.57. The fourth-order valence-electron chi connectivity index (χ4n) is 2.56. The molecular formula is C16H19NO. The summed E-state index contributed by atoms with van der Waals surface area (Å²) in [7, 11) is 0. The number of nitrogens with zero attached hydrogens (tertiary/aromatic N) is 1. The predicted molar refractivity (Wildman–Crippen MR) is 75.1 cm³/mol. The number of Topliss-reactive ketones (excluding diaryl/α,β-unsaturated/α-hetero) is 1. The first-order valence-electron chi connectivity index (χ1n) is 6.57.